The van der Waals surface area contributed by atoms with Gasteiger partial charge in [-0.1, -0.05) is 13.8 Å². The maximum absolute atomic E-state index is 10.8. The van der Waals surface area contributed by atoms with Crippen molar-refractivity contribution < 1.29 is 9.63 Å². The molecule has 0 saturated carbocycles. The molecule has 0 aliphatic heterocycles. The summed E-state index contributed by atoms with van der Waals surface area (Å²) in [7, 11) is 0. The highest BCUT2D eigenvalue weighted by Crippen LogP contribution is 1.98. The summed E-state index contributed by atoms with van der Waals surface area (Å²) in [4.78, 5) is 15.0. The molecule has 0 aliphatic carbocycles. The van der Waals surface area contributed by atoms with Crippen molar-refractivity contribution >= 4 is 5.91 Å². The molecule has 1 atom stereocenters. The standard InChI is InChI=1S/C7H16N2O2/c1-5(2)6(3)9-7(10)4-11-8/h5-6H,4,8H2,1-3H3,(H,9,10). The van der Waals surface area contributed by atoms with Crippen LogP contribution in [-0.4, -0.2) is 18.6 Å². The van der Waals surface area contributed by atoms with Crippen LogP contribution in [0.1, 0.15) is 20.8 Å². The predicted molar refractivity (Wildman–Crippen MR) is 42.6 cm³/mol. The van der Waals surface area contributed by atoms with Gasteiger partial charge in [-0.15, -0.1) is 0 Å². The van der Waals surface area contributed by atoms with E-state index in [4.69, 9.17) is 5.90 Å². The fourth-order valence-electron chi connectivity index (χ4n) is 0.538. The normalized spacial score (nSPS) is 13.2. The van der Waals surface area contributed by atoms with Gasteiger partial charge in [-0.25, -0.2) is 5.90 Å². The third kappa shape index (κ3) is 4.75. The fraction of sp³-hybridized carbons (Fsp3) is 0.857. The predicted octanol–water partition coefficient (Wildman–Crippen LogP) is 0.0374. The molecule has 0 bridgehead atoms. The van der Waals surface area contributed by atoms with E-state index >= 15 is 0 Å². The number of amides is 1. The minimum Gasteiger partial charge on any atom is -0.351 e. The van der Waals surface area contributed by atoms with E-state index in [1.54, 1.807) is 0 Å². The third-order valence-electron chi connectivity index (χ3n) is 1.60. The van der Waals surface area contributed by atoms with Gasteiger partial charge in [0.25, 0.3) is 0 Å². The van der Waals surface area contributed by atoms with Crippen LogP contribution in [0.4, 0.5) is 0 Å². The fourth-order valence-corrected chi connectivity index (χ4v) is 0.538. The number of hydrogen-bond donors (Lipinski definition) is 2. The van der Waals surface area contributed by atoms with E-state index in [9.17, 15) is 4.79 Å². The average Bonchev–Trinajstić information content (AvgIpc) is 1.87. The maximum atomic E-state index is 10.8. The van der Waals surface area contributed by atoms with Gasteiger partial charge in [-0.05, 0) is 12.8 Å². The minimum absolute atomic E-state index is 0.0724. The first-order valence-electron chi connectivity index (χ1n) is 3.69. The molecule has 66 valence electrons. The molecule has 0 rings (SSSR count). The summed E-state index contributed by atoms with van der Waals surface area (Å²) in [5, 5.41) is 2.74. The molecular weight excluding hydrogens is 144 g/mol. The van der Waals surface area contributed by atoms with E-state index in [1.165, 1.54) is 0 Å². The number of carbonyl (C=O) groups excluding carboxylic acids is 1. The van der Waals surface area contributed by atoms with Crippen molar-refractivity contribution in [3.05, 3.63) is 0 Å². The molecule has 4 nitrogen and oxygen atoms in total. The van der Waals surface area contributed by atoms with Crippen LogP contribution in [0.3, 0.4) is 0 Å². The van der Waals surface area contributed by atoms with Gasteiger partial charge in [0.1, 0.15) is 6.61 Å². The summed E-state index contributed by atoms with van der Waals surface area (Å²) in [6, 6.07) is 0.164. The van der Waals surface area contributed by atoms with Crippen LogP contribution in [0, 0.1) is 5.92 Å². The van der Waals surface area contributed by atoms with Gasteiger partial charge >= 0.3 is 0 Å². The van der Waals surface area contributed by atoms with Crippen LogP contribution in [0.15, 0.2) is 0 Å². The van der Waals surface area contributed by atoms with Gasteiger partial charge in [-0.2, -0.15) is 0 Å². The number of nitrogens with one attached hydrogen (secondary N) is 1. The molecule has 0 aliphatic rings. The second-order valence-corrected chi connectivity index (χ2v) is 2.91. The Morgan fingerprint density at radius 1 is 1.55 bits per heavy atom. The highest BCUT2D eigenvalue weighted by atomic mass is 16.6. The van der Waals surface area contributed by atoms with Gasteiger partial charge in [0.15, 0.2) is 0 Å². The van der Waals surface area contributed by atoms with Crippen molar-refractivity contribution in [1.82, 2.24) is 5.32 Å². The first-order valence-corrected chi connectivity index (χ1v) is 3.69. The van der Waals surface area contributed by atoms with Gasteiger partial charge in [-0.3, -0.25) is 9.63 Å². The molecule has 4 heteroatoms. The average molecular weight is 160 g/mol. The second-order valence-electron chi connectivity index (χ2n) is 2.91. The van der Waals surface area contributed by atoms with E-state index < -0.39 is 0 Å². The van der Waals surface area contributed by atoms with Crippen molar-refractivity contribution in [2.75, 3.05) is 6.61 Å². The van der Waals surface area contributed by atoms with Crippen molar-refractivity contribution in [3.63, 3.8) is 0 Å². The van der Waals surface area contributed by atoms with Crippen molar-refractivity contribution in [2.24, 2.45) is 11.8 Å². The van der Waals surface area contributed by atoms with E-state index in [2.05, 4.69) is 10.2 Å². The molecule has 1 unspecified atom stereocenters. The largest absolute Gasteiger partial charge is 0.351 e. The summed E-state index contributed by atoms with van der Waals surface area (Å²) in [6.07, 6.45) is 0. The molecule has 11 heavy (non-hydrogen) atoms. The van der Waals surface area contributed by atoms with Gasteiger partial charge in [0.05, 0.1) is 0 Å². The molecule has 1 amide bonds. The van der Waals surface area contributed by atoms with Crippen LogP contribution >= 0.6 is 0 Å². The van der Waals surface area contributed by atoms with Gasteiger partial charge in [0.2, 0.25) is 5.91 Å². The van der Waals surface area contributed by atoms with Crippen LogP contribution in [0.5, 0.6) is 0 Å². The lowest BCUT2D eigenvalue weighted by Crippen LogP contribution is -2.38. The number of nitrogens with two attached hydrogens (primary N) is 1. The Morgan fingerprint density at radius 3 is 2.45 bits per heavy atom. The Kier molecular flexibility index (Phi) is 4.81. The SMILES string of the molecule is CC(C)C(C)NC(=O)CON. The quantitative estimate of drug-likeness (QED) is 0.570. The molecular formula is C7H16N2O2. The maximum Gasteiger partial charge on any atom is 0.248 e. The molecule has 0 aromatic heterocycles. The van der Waals surface area contributed by atoms with Crippen LogP contribution < -0.4 is 11.2 Å². The molecule has 0 heterocycles. The van der Waals surface area contributed by atoms with Crippen LogP contribution in [-0.2, 0) is 9.63 Å². The molecule has 3 N–H and O–H groups in total. The zero-order valence-corrected chi connectivity index (χ0v) is 7.26. The van der Waals surface area contributed by atoms with Gasteiger partial charge in [0, 0.05) is 6.04 Å². The number of carbonyl (C=O) groups is 1. The first kappa shape index (κ1) is 10.4. The van der Waals surface area contributed by atoms with E-state index in [1.807, 2.05) is 20.8 Å². The van der Waals surface area contributed by atoms with Crippen molar-refractivity contribution in [3.8, 4) is 0 Å². The lowest BCUT2D eigenvalue weighted by molar-refractivity contribution is -0.126. The zero-order chi connectivity index (χ0) is 8.85. The lowest BCUT2D eigenvalue weighted by Gasteiger charge is -2.16. The summed E-state index contributed by atoms with van der Waals surface area (Å²) in [6.45, 7) is 5.94. The van der Waals surface area contributed by atoms with E-state index in [0.29, 0.717) is 5.92 Å². The van der Waals surface area contributed by atoms with Gasteiger partial charge < -0.3 is 5.32 Å². The zero-order valence-electron chi connectivity index (χ0n) is 7.26. The van der Waals surface area contributed by atoms with Crippen molar-refractivity contribution in [2.45, 2.75) is 26.8 Å². The van der Waals surface area contributed by atoms with Crippen LogP contribution in [0.2, 0.25) is 0 Å². The molecule has 0 aromatic carbocycles. The molecule has 0 radical (unpaired) electrons. The van der Waals surface area contributed by atoms with E-state index in [-0.39, 0.29) is 18.6 Å². The Bertz CT molecular complexity index is 126. The molecule has 0 fully saturated rings. The molecule has 0 spiro atoms. The minimum atomic E-state index is -0.172. The second kappa shape index (κ2) is 5.09. The monoisotopic (exact) mass is 160 g/mol. The highest BCUT2D eigenvalue weighted by molar-refractivity contribution is 5.77. The summed E-state index contributed by atoms with van der Waals surface area (Å²) in [5.74, 6) is 4.98. The van der Waals surface area contributed by atoms with Crippen molar-refractivity contribution in [1.29, 1.82) is 0 Å². The Balaban J connectivity index is 3.57. The highest BCUT2D eigenvalue weighted by Gasteiger charge is 2.09. The third-order valence-corrected chi connectivity index (χ3v) is 1.60. The lowest BCUT2D eigenvalue weighted by atomic mass is 10.1. The van der Waals surface area contributed by atoms with Crippen LogP contribution in [0.25, 0.3) is 0 Å². The smallest absolute Gasteiger partial charge is 0.248 e. The summed E-state index contributed by atoms with van der Waals surface area (Å²) in [5.41, 5.74) is 0. The molecule has 0 aromatic rings. The Hall–Kier alpha value is -0.610. The summed E-state index contributed by atoms with van der Waals surface area (Å²) >= 11 is 0. The molecule has 0 saturated heterocycles. The Morgan fingerprint density at radius 2 is 2.09 bits per heavy atom. The Labute approximate surface area is 67.0 Å². The summed E-state index contributed by atoms with van der Waals surface area (Å²) < 4.78 is 0. The number of rotatable bonds is 4. The number of hydrogen-bond acceptors (Lipinski definition) is 3. The topological polar surface area (TPSA) is 64.3 Å². The first-order chi connectivity index (χ1) is 5.07. The van der Waals surface area contributed by atoms with E-state index in [0.717, 1.165) is 0 Å².